The molecule has 6 heteroatoms. The van der Waals surface area contributed by atoms with Gasteiger partial charge in [0.2, 0.25) is 0 Å². The van der Waals surface area contributed by atoms with Crippen LogP contribution in [0, 0.1) is 0 Å². The van der Waals surface area contributed by atoms with E-state index in [4.69, 9.17) is 14.3 Å². The third-order valence-electron chi connectivity index (χ3n) is 5.36. The van der Waals surface area contributed by atoms with E-state index in [9.17, 15) is 10.2 Å². The smallest absolute Gasteiger partial charge is 0.162 e. The van der Waals surface area contributed by atoms with Crippen LogP contribution in [0.1, 0.15) is 23.1 Å². The van der Waals surface area contributed by atoms with E-state index in [1.54, 1.807) is 13.2 Å². The van der Waals surface area contributed by atoms with E-state index in [1.165, 1.54) is 11.1 Å². The van der Waals surface area contributed by atoms with Gasteiger partial charge in [-0.25, -0.2) is 0 Å². The first-order chi connectivity index (χ1) is 13.7. The van der Waals surface area contributed by atoms with Crippen molar-refractivity contribution >= 4 is 5.70 Å². The SMILES string of the molecule is COc1ccc(C2=C[C@@](CO)(CCO)ON2)cc1OC1Cc2ccccc2C1. The lowest BCUT2D eigenvalue weighted by Gasteiger charge is -2.21. The zero-order chi connectivity index (χ0) is 19.6. The average Bonchev–Trinajstić information content (AvgIpc) is 3.32. The van der Waals surface area contributed by atoms with Crippen molar-refractivity contribution in [3.05, 3.63) is 65.2 Å². The van der Waals surface area contributed by atoms with Crippen molar-refractivity contribution in [1.29, 1.82) is 0 Å². The lowest BCUT2D eigenvalue weighted by Crippen LogP contribution is -2.34. The molecule has 0 saturated heterocycles. The van der Waals surface area contributed by atoms with Gasteiger partial charge in [-0.3, -0.25) is 10.3 Å². The number of methoxy groups -OCH3 is 1. The summed E-state index contributed by atoms with van der Waals surface area (Å²) < 4.78 is 11.8. The van der Waals surface area contributed by atoms with Crippen LogP contribution in [0.4, 0.5) is 0 Å². The van der Waals surface area contributed by atoms with E-state index in [1.807, 2.05) is 18.2 Å². The summed E-state index contributed by atoms with van der Waals surface area (Å²) in [6, 6.07) is 14.1. The van der Waals surface area contributed by atoms with E-state index in [2.05, 4.69) is 29.7 Å². The largest absolute Gasteiger partial charge is 0.493 e. The number of hydroxylamine groups is 1. The van der Waals surface area contributed by atoms with Gasteiger partial charge in [0.15, 0.2) is 11.5 Å². The summed E-state index contributed by atoms with van der Waals surface area (Å²) in [5, 5.41) is 18.9. The third-order valence-corrected chi connectivity index (χ3v) is 5.36. The standard InChI is InChI=1S/C22H25NO5/c1-26-20-7-6-17(19-13-22(14-25,8-9-24)28-23-19)12-21(20)27-18-10-15-4-2-3-5-16(15)11-18/h2-7,12-13,18,23-25H,8-11,14H2,1H3/t22-/m1/s1. The second-order valence-electron chi connectivity index (χ2n) is 7.24. The van der Waals surface area contributed by atoms with Gasteiger partial charge >= 0.3 is 0 Å². The summed E-state index contributed by atoms with van der Waals surface area (Å²) in [6.07, 6.45) is 3.92. The zero-order valence-corrected chi connectivity index (χ0v) is 15.9. The molecule has 0 spiro atoms. The molecule has 0 unspecified atom stereocenters. The summed E-state index contributed by atoms with van der Waals surface area (Å²) in [5.74, 6) is 1.34. The Kier molecular flexibility index (Phi) is 5.26. The van der Waals surface area contributed by atoms with Gasteiger partial charge < -0.3 is 19.7 Å². The zero-order valence-electron chi connectivity index (χ0n) is 15.9. The quantitative estimate of drug-likeness (QED) is 0.680. The van der Waals surface area contributed by atoms with Gasteiger partial charge in [-0.15, -0.1) is 0 Å². The minimum atomic E-state index is -0.919. The summed E-state index contributed by atoms with van der Waals surface area (Å²) in [5.41, 5.74) is 6.19. The van der Waals surface area contributed by atoms with Crippen LogP contribution in [-0.2, 0) is 17.7 Å². The molecule has 6 nitrogen and oxygen atoms in total. The Morgan fingerprint density at radius 3 is 2.50 bits per heavy atom. The fourth-order valence-electron chi connectivity index (χ4n) is 3.81. The van der Waals surface area contributed by atoms with Crippen LogP contribution < -0.4 is 15.0 Å². The normalized spacial score (nSPS) is 21.2. The molecule has 0 saturated carbocycles. The highest BCUT2D eigenvalue weighted by Crippen LogP contribution is 2.36. The second-order valence-corrected chi connectivity index (χ2v) is 7.24. The molecule has 2 aromatic carbocycles. The first kappa shape index (κ1) is 18.8. The van der Waals surface area contributed by atoms with Crippen LogP contribution in [0.15, 0.2) is 48.5 Å². The molecule has 0 amide bonds. The lowest BCUT2D eigenvalue weighted by atomic mass is 9.99. The van der Waals surface area contributed by atoms with E-state index in [0.717, 1.165) is 24.1 Å². The Hall–Kier alpha value is -2.54. The van der Waals surface area contributed by atoms with Crippen LogP contribution in [0.2, 0.25) is 0 Å². The maximum atomic E-state index is 9.66. The van der Waals surface area contributed by atoms with Crippen LogP contribution in [0.5, 0.6) is 11.5 Å². The molecule has 2 aliphatic rings. The van der Waals surface area contributed by atoms with Crippen molar-refractivity contribution in [3.63, 3.8) is 0 Å². The number of fused-ring (bicyclic) bond motifs is 1. The molecular weight excluding hydrogens is 358 g/mol. The number of aliphatic hydroxyl groups excluding tert-OH is 2. The maximum Gasteiger partial charge on any atom is 0.162 e. The molecule has 2 aromatic rings. The first-order valence-corrected chi connectivity index (χ1v) is 9.47. The predicted octanol–water partition coefficient (Wildman–Crippen LogP) is 2.23. The van der Waals surface area contributed by atoms with Crippen molar-refractivity contribution in [2.75, 3.05) is 20.3 Å². The topological polar surface area (TPSA) is 80.2 Å². The Morgan fingerprint density at radius 1 is 1.11 bits per heavy atom. The average molecular weight is 383 g/mol. The number of rotatable bonds is 7. The number of benzene rings is 2. The molecule has 0 radical (unpaired) electrons. The van der Waals surface area contributed by atoms with E-state index >= 15 is 0 Å². The highest BCUT2D eigenvalue weighted by Gasteiger charge is 2.34. The fraction of sp³-hybridized carbons (Fsp3) is 0.364. The number of hydrogen-bond donors (Lipinski definition) is 3. The van der Waals surface area contributed by atoms with Gasteiger partial charge in [0.1, 0.15) is 11.7 Å². The Balaban J connectivity index is 1.57. The monoisotopic (exact) mass is 383 g/mol. The first-order valence-electron chi connectivity index (χ1n) is 9.47. The minimum Gasteiger partial charge on any atom is -0.493 e. The van der Waals surface area contributed by atoms with Gasteiger partial charge in [-0.2, -0.15) is 0 Å². The van der Waals surface area contributed by atoms with Gasteiger partial charge in [-0.1, -0.05) is 24.3 Å². The molecule has 0 fully saturated rings. The van der Waals surface area contributed by atoms with Gasteiger partial charge in [0.25, 0.3) is 0 Å². The predicted molar refractivity (Wildman–Crippen MR) is 105 cm³/mol. The Bertz CT molecular complexity index is 856. The third kappa shape index (κ3) is 3.58. The highest BCUT2D eigenvalue weighted by molar-refractivity contribution is 5.68. The number of aliphatic hydroxyl groups is 2. The number of nitrogens with one attached hydrogen (secondary N) is 1. The summed E-state index contributed by atoms with van der Waals surface area (Å²) >= 11 is 0. The van der Waals surface area contributed by atoms with E-state index < -0.39 is 5.60 Å². The van der Waals surface area contributed by atoms with Crippen molar-refractivity contribution in [1.82, 2.24) is 5.48 Å². The van der Waals surface area contributed by atoms with Crippen molar-refractivity contribution in [2.24, 2.45) is 0 Å². The van der Waals surface area contributed by atoms with Crippen LogP contribution >= 0.6 is 0 Å². The summed E-state index contributed by atoms with van der Waals surface area (Å²) in [7, 11) is 1.62. The molecule has 0 aromatic heterocycles. The van der Waals surface area contributed by atoms with Crippen molar-refractivity contribution in [2.45, 2.75) is 31.0 Å². The van der Waals surface area contributed by atoms with Crippen molar-refractivity contribution < 1.29 is 24.5 Å². The highest BCUT2D eigenvalue weighted by atomic mass is 16.7. The molecule has 4 rings (SSSR count). The van der Waals surface area contributed by atoms with E-state index in [-0.39, 0.29) is 19.3 Å². The molecule has 1 heterocycles. The molecule has 0 bridgehead atoms. The number of hydrogen-bond acceptors (Lipinski definition) is 6. The summed E-state index contributed by atoms with van der Waals surface area (Å²) in [4.78, 5) is 5.54. The Morgan fingerprint density at radius 2 is 1.86 bits per heavy atom. The molecule has 3 N–H and O–H groups in total. The van der Waals surface area contributed by atoms with Gasteiger partial charge in [-0.05, 0) is 35.4 Å². The summed E-state index contributed by atoms with van der Waals surface area (Å²) in [6.45, 7) is -0.296. The van der Waals surface area contributed by atoms with Crippen molar-refractivity contribution in [3.8, 4) is 11.5 Å². The molecule has 1 aliphatic heterocycles. The lowest BCUT2D eigenvalue weighted by molar-refractivity contribution is -0.0764. The van der Waals surface area contributed by atoms with Gasteiger partial charge in [0, 0.05) is 31.4 Å². The van der Waals surface area contributed by atoms with E-state index in [0.29, 0.717) is 17.9 Å². The van der Waals surface area contributed by atoms with Crippen LogP contribution in [0.3, 0.4) is 0 Å². The maximum absolute atomic E-state index is 9.66. The molecular formula is C22H25NO5. The fourth-order valence-corrected chi connectivity index (χ4v) is 3.81. The number of ether oxygens (including phenoxy) is 2. The molecule has 1 aliphatic carbocycles. The Labute approximate surface area is 164 Å². The van der Waals surface area contributed by atoms with Gasteiger partial charge in [0.05, 0.1) is 19.4 Å². The minimum absolute atomic E-state index is 0.0641. The molecule has 148 valence electrons. The molecule has 1 atom stereocenters. The van der Waals surface area contributed by atoms with Crippen LogP contribution in [0.25, 0.3) is 5.70 Å². The molecule has 28 heavy (non-hydrogen) atoms. The second kappa shape index (κ2) is 7.83. The van der Waals surface area contributed by atoms with Crippen LogP contribution in [-0.4, -0.2) is 42.2 Å².